The zero-order valence-corrected chi connectivity index (χ0v) is 10.9. The van der Waals surface area contributed by atoms with Crippen LogP contribution in [0.3, 0.4) is 0 Å². The molecule has 0 spiro atoms. The Hall–Kier alpha value is -0.870. The van der Waals surface area contributed by atoms with Crippen LogP contribution in [0.25, 0.3) is 0 Å². The average Bonchev–Trinajstić information content (AvgIpc) is 2.29. The van der Waals surface area contributed by atoms with E-state index in [1.165, 1.54) is 0 Å². The van der Waals surface area contributed by atoms with Gasteiger partial charge in [-0.3, -0.25) is 0 Å². The number of nitrogens with one attached hydrogen (secondary N) is 1. The minimum Gasteiger partial charge on any atom is -0.478 e. The summed E-state index contributed by atoms with van der Waals surface area (Å²) in [6, 6.07) is 0. The topological polar surface area (TPSA) is 69.6 Å². The zero-order chi connectivity index (χ0) is 13.1. The molecule has 0 rings (SSSR count). The van der Waals surface area contributed by atoms with Crippen molar-refractivity contribution in [1.82, 2.24) is 5.32 Å². The zero-order valence-electron chi connectivity index (χ0n) is 10.9. The van der Waals surface area contributed by atoms with Crippen molar-refractivity contribution >= 4 is 5.97 Å². The first kappa shape index (κ1) is 16.1. The van der Waals surface area contributed by atoms with Crippen molar-refractivity contribution in [3.63, 3.8) is 0 Å². The van der Waals surface area contributed by atoms with Crippen LogP contribution in [0.2, 0.25) is 0 Å². The highest BCUT2D eigenvalue weighted by atomic mass is 16.4. The lowest BCUT2D eigenvalue weighted by Gasteiger charge is -2.14. The summed E-state index contributed by atoms with van der Waals surface area (Å²) in [5.41, 5.74) is 0.451. The van der Waals surface area contributed by atoms with E-state index in [0.717, 1.165) is 25.8 Å². The number of carbonyl (C=O) groups is 1. The highest BCUT2D eigenvalue weighted by Gasteiger charge is 2.06. The number of aliphatic carboxylic acids is 1. The summed E-state index contributed by atoms with van der Waals surface area (Å²) in [6.45, 7) is 5.61. The van der Waals surface area contributed by atoms with E-state index in [-0.39, 0.29) is 6.61 Å². The van der Waals surface area contributed by atoms with Gasteiger partial charge in [0, 0.05) is 18.7 Å². The lowest BCUT2D eigenvalue weighted by atomic mass is 10.0. The maximum absolute atomic E-state index is 10.7. The number of hydrogen-bond donors (Lipinski definition) is 3. The molecular formula is C13H25NO3. The van der Waals surface area contributed by atoms with Gasteiger partial charge in [-0.2, -0.15) is 0 Å². The highest BCUT2D eigenvalue weighted by Crippen LogP contribution is 2.09. The summed E-state index contributed by atoms with van der Waals surface area (Å²) in [5.74, 6) is -0.358. The minimum atomic E-state index is -0.838. The summed E-state index contributed by atoms with van der Waals surface area (Å²) in [5, 5.41) is 20.9. The normalized spacial score (nSPS) is 13.7. The van der Waals surface area contributed by atoms with Crippen LogP contribution in [0.5, 0.6) is 0 Å². The van der Waals surface area contributed by atoms with Crippen molar-refractivity contribution in [2.45, 2.75) is 39.5 Å². The predicted octanol–water partition coefficient (Wildman–Crippen LogP) is 1.80. The molecule has 0 amide bonds. The Morgan fingerprint density at radius 2 is 2.06 bits per heavy atom. The van der Waals surface area contributed by atoms with Crippen molar-refractivity contribution < 1.29 is 15.0 Å². The number of hydrogen-bond acceptors (Lipinski definition) is 3. The van der Waals surface area contributed by atoms with Gasteiger partial charge in [0.2, 0.25) is 0 Å². The fourth-order valence-corrected chi connectivity index (χ4v) is 1.80. The van der Waals surface area contributed by atoms with Gasteiger partial charge in [0.1, 0.15) is 0 Å². The van der Waals surface area contributed by atoms with Gasteiger partial charge in [0.25, 0.3) is 0 Å². The number of aliphatic hydroxyl groups excluding tert-OH is 1. The number of carboxylic acid groups (broad SMARTS) is 1. The summed E-state index contributed by atoms with van der Waals surface area (Å²) >= 11 is 0. The van der Waals surface area contributed by atoms with Crippen LogP contribution in [0.15, 0.2) is 11.6 Å². The van der Waals surface area contributed by atoms with Gasteiger partial charge in [0.15, 0.2) is 0 Å². The summed E-state index contributed by atoms with van der Waals surface area (Å²) in [6.07, 6.45) is 5.29. The van der Waals surface area contributed by atoms with E-state index in [1.807, 2.05) is 6.92 Å². The molecule has 0 fully saturated rings. The second kappa shape index (κ2) is 10.3. The second-order valence-corrected chi connectivity index (χ2v) is 4.21. The Morgan fingerprint density at radius 1 is 1.35 bits per heavy atom. The first-order valence-electron chi connectivity index (χ1n) is 6.39. The van der Waals surface area contributed by atoms with Crippen LogP contribution < -0.4 is 5.32 Å². The van der Waals surface area contributed by atoms with E-state index >= 15 is 0 Å². The number of carboxylic acids is 1. The molecule has 0 aromatic heterocycles. The minimum absolute atomic E-state index is 0.220. The van der Waals surface area contributed by atoms with Gasteiger partial charge in [-0.05, 0) is 31.7 Å². The summed E-state index contributed by atoms with van der Waals surface area (Å²) in [4.78, 5) is 10.7. The van der Waals surface area contributed by atoms with Crippen LogP contribution >= 0.6 is 0 Å². The van der Waals surface area contributed by atoms with E-state index in [0.29, 0.717) is 24.5 Å². The Labute approximate surface area is 104 Å². The van der Waals surface area contributed by atoms with Gasteiger partial charge in [0.05, 0.1) is 0 Å². The molecule has 0 saturated heterocycles. The molecule has 1 atom stereocenters. The molecule has 0 aliphatic carbocycles. The number of rotatable bonds is 10. The van der Waals surface area contributed by atoms with Gasteiger partial charge < -0.3 is 15.5 Å². The third-order valence-electron chi connectivity index (χ3n) is 2.82. The molecule has 0 saturated carbocycles. The maximum Gasteiger partial charge on any atom is 0.331 e. The smallest absolute Gasteiger partial charge is 0.331 e. The molecule has 0 aromatic carbocycles. The van der Waals surface area contributed by atoms with Crippen molar-refractivity contribution in [2.75, 3.05) is 19.7 Å². The quantitative estimate of drug-likeness (QED) is 0.404. The predicted molar refractivity (Wildman–Crippen MR) is 69.0 cm³/mol. The molecule has 4 nitrogen and oxygen atoms in total. The van der Waals surface area contributed by atoms with Crippen LogP contribution in [0.4, 0.5) is 0 Å². The van der Waals surface area contributed by atoms with Crippen molar-refractivity contribution in [1.29, 1.82) is 0 Å². The Balaban J connectivity index is 3.90. The van der Waals surface area contributed by atoms with E-state index in [1.54, 1.807) is 6.08 Å². The Bertz CT molecular complexity index is 233. The van der Waals surface area contributed by atoms with E-state index < -0.39 is 5.97 Å². The van der Waals surface area contributed by atoms with Crippen molar-refractivity contribution in [3.8, 4) is 0 Å². The standard InChI is InChI=1S/C13H25NO3/c1-3-5-11(7-9-15)10-14-8-6-12(4-2)13(16)17/h6,11,14-15H,3-5,7-10H2,1-2H3,(H,16,17)/b12-6-. The molecule has 100 valence electrons. The first-order chi connectivity index (χ1) is 8.15. The van der Waals surface area contributed by atoms with Crippen LogP contribution in [-0.2, 0) is 4.79 Å². The van der Waals surface area contributed by atoms with E-state index in [9.17, 15) is 4.79 Å². The molecule has 0 aromatic rings. The third-order valence-corrected chi connectivity index (χ3v) is 2.82. The first-order valence-corrected chi connectivity index (χ1v) is 6.39. The van der Waals surface area contributed by atoms with E-state index in [4.69, 9.17) is 10.2 Å². The monoisotopic (exact) mass is 243 g/mol. The molecule has 0 aliphatic heterocycles. The second-order valence-electron chi connectivity index (χ2n) is 4.21. The molecule has 0 heterocycles. The molecular weight excluding hydrogens is 218 g/mol. The highest BCUT2D eigenvalue weighted by molar-refractivity contribution is 5.86. The molecule has 4 heteroatoms. The number of aliphatic hydroxyl groups is 1. The molecule has 1 unspecified atom stereocenters. The van der Waals surface area contributed by atoms with Crippen molar-refractivity contribution in [3.05, 3.63) is 11.6 Å². The van der Waals surface area contributed by atoms with Gasteiger partial charge in [-0.25, -0.2) is 4.79 Å². The van der Waals surface area contributed by atoms with Crippen LogP contribution in [-0.4, -0.2) is 35.9 Å². The Kier molecular flexibility index (Phi) is 9.77. The fourth-order valence-electron chi connectivity index (χ4n) is 1.80. The molecule has 17 heavy (non-hydrogen) atoms. The van der Waals surface area contributed by atoms with Crippen LogP contribution in [0.1, 0.15) is 39.5 Å². The fraction of sp³-hybridized carbons (Fsp3) is 0.769. The Morgan fingerprint density at radius 3 is 2.53 bits per heavy atom. The average molecular weight is 243 g/mol. The molecule has 3 N–H and O–H groups in total. The summed E-state index contributed by atoms with van der Waals surface area (Å²) in [7, 11) is 0. The molecule has 0 aliphatic rings. The van der Waals surface area contributed by atoms with E-state index in [2.05, 4.69) is 12.2 Å². The van der Waals surface area contributed by atoms with Crippen molar-refractivity contribution in [2.24, 2.45) is 5.92 Å². The van der Waals surface area contributed by atoms with Crippen LogP contribution in [0, 0.1) is 5.92 Å². The molecule has 0 radical (unpaired) electrons. The van der Waals surface area contributed by atoms with Gasteiger partial charge in [-0.1, -0.05) is 26.3 Å². The SMILES string of the molecule is CCCC(CCO)CNC/C=C(/CC)C(=O)O. The largest absolute Gasteiger partial charge is 0.478 e. The lowest BCUT2D eigenvalue weighted by molar-refractivity contribution is -0.132. The third kappa shape index (κ3) is 7.94. The van der Waals surface area contributed by atoms with Gasteiger partial charge in [-0.15, -0.1) is 0 Å². The molecule has 0 bridgehead atoms. The lowest BCUT2D eigenvalue weighted by Crippen LogP contribution is -2.24. The maximum atomic E-state index is 10.7. The summed E-state index contributed by atoms with van der Waals surface area (Å²) < 4.78 is 0. The van der Waals surface area contributed by atoms with Gasteiger partial charge >= 0.3 is 5.97 Å².